The van der Waals surface area contributed by atoms with Crippen LogP contribution in [0.15, 0.2) is 23.0 Å². The first kappa shape index (κ1) is 17.5. The van der Waals surface area contributed by atoms with E-state index in [2.05, 4.69) is 16.1 Å². The monoisotopic (exact) mass is 346 g/mol. The number of rotatable bonds is 5. The number of fused-ring (bicyclic) bond motifs is 1. The van der Waals surface area contributed by atoms with Crippen LogP contribution in [-0.2, 0) is 26.6 Å². The highest BCUT2D eigenvalue weighted by atomic mass is 16.5. The fourth-order valence-electron chi connectivity index (χ4n) is 3.15. The van der Waals surface area contributed by atoms with Gasteiger partial charge in [-0.1, -0.05) is 6.07 Å². The highest BCUT2D eigenvalue weighted by Gasteiger charge is 2.19. The van der Waals surface area contributed by atoms with Crippen molar-refractivity contribution < 1.29 is 9.47 Å². The minimum Gasteiger partial charge on any atom is -0.493 e. The molecule has 136 valence electrons. The van der Waals surface area contributed by atoms with Crippen molar-refractivity contribution in [1.29, 1.82) is 0 Å². The number of methoxy groups -OCH3 is 1. The molecule has 2 heterocycles. The third-order valence-electron chi connectivity index (χ3n) is 4.37. The van der Waals surface area contributed by atoms with Gasteiger partial charge in [0.15, 0.2) is 11.5 Å². The summed E-state index contributed by atoms with van der Waals surface area (Å²) in [6.45, 7) is 7.18. The van der Waals surface area contributed by atoms with Crippen molar-refractivity contribution in [1.82, 2.24) is 19.2 Å². The highest BCUT2D eigenvalue weighted by Crippen LogP contribution is 2.29. The Morgan fingerprint density at radius 1 is 1.20 bits per heavy atom. The Morgan fingerprint density at radius 3 is 2.72 bits per heavy atom. The van der Waals surface area contributed by atoms with Gasteiger partial charge in [-0.25, -0.2) is 9.48 Å². The maximum Gasteiger partial charge on any atom is 0.345 e. The molecule has 2 aromatic rings. The van der Waals surface area contributed by atoms with Crippen molar-refractivity contribution in [2.45, 2.75) is 39.5 Å². The molecule has 0 fully saturated rings. The van der Waals surface area contributed by atoms with Gasteiger partial charge < -0.3 is 9.47 Å². The van der Waals surface area contributed by atoms with Crippen LogP contribution in [-0.4, -0.2) is 45.6 Å². The van der Waals surface area contributed by atoms with E-state index in [0.29, 0.717) is 6.54 Å². The lowest BCUT2D eigenvalue weighted by Gasteiger charge is -2.21. The van der Waals surface area contributed by atoms with Gasteiger partial charge in [-0.15, -0.1) is 0 Å². The van der Waals surface area contributed by atoms with Crippen LogP contribution in [0, 0.1) is 0 Å². The number of nitrogens with zero attached hydrogens (tertiary/aromatic N) is 4. The van der Waals surface area contributed by atoms with Gasteiger partial charge in [0, 0.05) is 39.6 Å². The largest absolute Gasteiger partial charge is 0.493 e. The maximum atomic E-state index is 12.1. The van der Waals surface area contributed by atoms with Gasteiger partial charge >= 0.3 is 5.69 Å². The Balaban J connectivity index is 1.70. The van der Waals surface area contributed by atoms with Crippen LogP contribution < -0.4 is 15.2 Å². The molecule has 0 unspecified atom stereocenters. The summed E-state index contributed by atoms with van der Waals surface area (Å²) in [5, 5.41) is 4.32. The quantitative estimate of drug-likeness (QED) is 0.820. The normalized spacial score (nSPS) is 15.1. The van der Waals surface area contributed by atoms with Gasteiger partial charge in [-0.3, -0.25) is 9.47 Å². The van der Waals surface area contributed by atoms with Crippen LogP contribution in [0.5, 0.6) is 11.5 Å². The molecular weight excluding hydrogens is 320 g/mol. The Bertz CT molecular complexity index is 794. The maximum absolute atomic E-state index is 12.1. The molecule has 1 aromatic carbocycles. The Labute approximate surface area is 147 Å². The average molecular weight is 346 g/mol. The SMILES string of the molecule is COc1cc(CN2CCc3nn(C)c(=O)n3CC2)ccc1OC(C)C. The van der Waals surface area contributed by atoms with Gasteiger partial charge in [0.25, 0.3) is 0 Å². The van der Waals surface area contributed by atoms with E-state index in [9.17, 15) is 4.79 Å². The molecule has 1 aromatic heterocycles. The molecule has 0 saturated heterocycles. The summed E-state index contributed by atoms with van der Waals surface area (Å²) in [4.78, 5) is 14.4. The molecule has 0 amide bonds. The zero-order valence-corrected chi connectivity index (χ0v) is 15.4. The standard InChI is InChI=1S/C18H26N4O3/c1-13(2)25-15-6-5-14(11-16(15)24-4)12-21-8-7-17-19-20(3)18(23)22(17)10-9-21/h5-6,11,13H,7-10,12H2,1-4H3. The second-order valence-electron chi connectivity index (χ2n) is 6.65. The average Bonchev–Trinajstić information content (AvgIpc) is 2.73. The fraction of sp³-hybridized carbons (Fsp3) is 0.556. The van der Waals surface area contributed by atoms with Crippen LogP contribution in [0.3, 0.4) is 0 Å². The van der Waals surface area contributed by atoms with E-state index < -0.39 is 0 Å². The van der Waals surface area contributed by atoms with Gasteiger partial charge in [0.05, 0.1) is 13.2 Å². The number of ether oxygens (including phenoxy) is 2. The molecule has 0 aliphatic carbocycles. The van der Waals surface area contributed by atoms with Crippen molar-refractivity contribution in [2.75, 3.05) is 20.2 Å². The second-order valence-corrected chi connectivity index (χ2v) is 6.65. The van der Waals surface area contributed by atoms with Crippen molar-refractivity contribution in [3.8, 4) is 11.5 Å². The van der Waals surface area contributed by atoms with Gasteiger partial charge in [0.1, 0.15) is 5.82 Å². The highest BCUT2D eigenvalue weighted by molar-refractivity contribution is 5.43. The predicted octanol–water partition coefficient (Wildman–Crippen LogP) is 1.44. The smallest absolute Gasteiger partial charge is 0.345 e. The van der Waals surface area contributed by atoms with E-state index in [4.69, 9.17) is 9.47 Å². The van der Waals surface area contributed by atoms with Crippen molar-refractivity contribution >= 4 is 0 Å². The first-order valence-electron chi connectivity index (χ1n) is 8.66. The van der Waals surface area contributed by atoms with Gasteiger partial charge in [-0.2, -0.15) is 5.10 Å². The van der Waals surface area contributed by atoms with E-state index in [1.165, 1.54) is 10.2 Å². The zero-order valence-electron chi connectivity index (χ0n) is 15.4. The fourth-order valence-corrected chi connectivity index (χ4v) is 3.15. The Morgan fingerprint density at radius 2 is 2.00 bits per heavy atom. The zero-order chi connectivity index (χ0) is 18.0. The molecule has 0 radical (unpaired) electrons. The van der Waals surface area contributed by atoms with E-state index in [-0.39, 0.29) is 11.8 Å². The van der Waals surface area contributed by atoms with Crippen molar-refractivity contribution in [3.05, 3.63) is 40.1 Å². The third kappa shape index (κ3) is 3.87. The number of hydrogen-bond donors (Lipinski definition) is 0. The summed E-state index contributed by atoms with van der Waals surface area (Å²) in [5.41, 5.74) is 1.13. The number of hydrogen-bond acceptors (Lipinski definition) is 5. The van der Waals surface area contributed by atoms with Crippen molar-refractivity contribution in [3.63, 3.8) is 0 Å². The number of aromatic nitrogens is 3. The molecule has 3 rings (SSSR count). The predicted molar refractivity (Wildman–Crippen MR) is 95.2 cm³/mol. The molecule has 0 N–H and O–H groups in total. The molecule has 0 spiro atoms. The minimum atomic E-state index is -0.0336. The summed E-state index contributed by atoms with van der Waals surface area (Å²) in [7, 11) is 3.36. The molecule has 7 nitrogen and oxygen atoms in total. The molecule has 0 atom stereocenters. The lowest BCUT2D eigenvalue weighted by Crippen LogP contribution is -2.29. The van der Waals surface area contributed by atoms with Crippen LogP contribution in [0.25, 0.3) is 0 Å². The second kappa shape index (κ2) is 7.31. The molecule has 7 heteroatoms. The number of aryl methyl sites for hydroxylation is 1. The Hall–Kier alpha value is -2.28. The first-order chi connectivity index (χ1) is 12.0. The molecule has 1 aliphatic rings. The summed E-state index contributed by atoms with van der Waals surface area (Å²) >= 11 is 0. The molecule has 25 heavy (non-hydrogen) atoms. The van der Waals surface area contributed by atoms with Crippen LogP contribution in [0.4, 0.5) is 0 Å². The van der Waals surface area contributed by atoms with Gasteiger partial charge in [-0.05, 0) is 31.5 Å². The third-order valence-corrected chi connectivity index (χ3v) is 4.37. The minimum absolute atomic E-state index is 0.0336. The van der Waals surface area contributed by atoms with Gasteiger partial charge in [0.2, 0.25) is 0 Å². The van der Waals surface area contributed by atoms with Crippen LogP contribution in [0.1, 0.15) is 25.2 Å². The first-order valence-corrected chi connectivity index (χ1v) is 8.66. The molecule has 0 bridgehead atoms. The van der Waals surface area contributed by atoms with E-state index in [1.807, 2.05) is 26.0 Å². The topological polar surface area (TPSA) is 61.5 Å². The lowest BCUT2D eigenvalue weighted by atomic mass is 10.2. The Kier molecular flexibility index (Phi) is 5.13. The summed E-state index contributed by atoms with van der Waals surface area (Å²) < 4.78 is 14.4. The number of benzene rings is 1. The molecule has 0 saturated carbocycles. The van der Waals surface area contributed by atoms with Crippen molar-refractivity contribution in [2.24, 2.45) is 7.05 Å². The van der Waals surface area contributed by atoms with E-state index in [0.717, 1.165) is 43.4 Å². The summed E-state index contributed by atoms with van der Waals surface area (Å²) in [6.07, 6.45) is 0.886. The van der Waals surface area contributed by atoms with E-state index >= 15 is 0 Å². The lowest BCUT2D eigenvalue weighted by molar-refractivity contribution is 0.229. The van der Waals surface area contributed by atoms with Crippen LogP contribution >= 0.6 is 0 Å². The van der Waals surface area contributed by atoms with Crippen LogP contribution in [0.2, 0.25) is 0 Å². The summed E-state index contributed by atoms with van der Waals surface area (Å²) in [5.74, 6) is 2.39. The van der Waals surface area contributed by atoms with E-state index in [1.54, 1.807) is 18.7 Å². The molecule has 1 aliphatic heterocycles. The molecular formula is C18H26N4O3. The summed E-state index contributed by atoms with van der Waals surface area (Å²) in [6, 6.07) is 6.07.